The molecule has 28 heavy (non-hydrogen) atoms. The Hall–Kier alpha value is -2.61. The van der Waals surface area contributed by atoms with Gasteiger partial charge in [-0.1, -0.05) is 20.8 Å². The van der Waals surface area contributed by atoms with Crippen LogP contribution in [0.4, 0.5) is 4.79 Å². The van der Waals surface area contributed by atoms with Gasteiger partial charge in [0.2, 0.25) is 0 Å². The predicted octanol–water partition coefficient (Wildman–Crippen LogP) is 2.71. The summed E-state index contributed by atoms with van der Waals surface area (Å²) in [5.74, 6) is -1.41. The molecule has 2 amide bonds. The van der Waals surface area contributed by atoms with Crippen molar-refractivity contribution in [1.82, 2.24) is 5.32 Å². The maximum absolute atomic E-state index is 12.9. The third-order valence-corrected chi connectivity index (χ3v) is 5.03. The molecule has 2 rings (SSSR count). The second-order valence-electron chi connectivity index (χ2n) is 7.99. The van der Waals surface area contributed by atoms with Crippen molar-refractivity contribution in [3.05, 3.63) is 23.3 Å². The Balaban J connectivity index is 2.47. The number of benzene rings is 1. The van der Waals surface area contributed by atoms with Gasteiger partial charge in [-0.05, 0) is 37.0 Å². The van der Waals surface area contributed by atoms with Gasteiger partial charge < -0.3 is 25.0 Å². The van der Waals surface area contributed by atoms with Gasteiger partial charge in [-0.15, -0.1) is 0 Å². The van der Waals surface area contributed by atoms with Crippen molar-refractivity contribution in [3.63, 3.8) is 0 Å². The first-order valence-electron chi connectivity index (χ1n) is 9.06. The number of aliphatic hydroxyl groups is 1. The Bertz CT molecular complexity index is 771. The third kappa shape index (κ3) is 4.44. The Morgan fingerprint density at radius 2 is 2.00 bits per heavy atom. The maximum atomic E-state index is 12.9. The number of rotatable bonds is 5. The molecule has 0 bridgehead atoms. The molecule has 0 saturated heterocycles. The summed E-state index contributed by atoms with van der Waals surface area (Å²) in [6.07, 6.45) is -0.353. The molecule has 3 atom stereocenters. The van der Waals surface area contributed by atoms with Crippen LogP contribution in [0.15, 0.2) is 17.1 Å². The zero-order chi connectivity index (χ0) is 21.2. The van der Waals surface area contributed by atoms with Crippen molar-refractivity contribution in [3.8, 4) is 11.5 Å². The molecule has 1 aliphatic heterocycles. The van der Waals surface area contributed by atoms with E-state index in [2.05, 4.69) is 10.3 Å². The zero-order valence-electron chi connectivity index (χ0n) is 17.1. The molecule has 0 spiro atoms. The van der Waals surface area contributed by atoms with Crippen LogP contribution in [-0.4, -0.2) is 41.1 Å². The molecular formula is C20H28N2O6. The lowest BCUT2D eigenvalue weighted by atomic mass is 9.86. The predicted molar refractivity (Wildman–Crippen MR) is 103 cm³/mol. The van der Waals surface area contributed by atoms with Crippen LogP contribution in [0.3, 0.4) is 0 Å². The molecule has 3 N–H and O–H groups in total. The number of phenols is 1. The van der Waals surface area contributed by atoms with E-state index >= 15 is 0 Å². The molecule has 0 aromatic heterocycles. The highest BCUT2D eigenvalue weighted by Crippen LogP contribution is 2.37. The average Bonchev–Trinajstić information content (AvgIpc) is 2.60. The molecule has 1 heterocycles. The number of aliphatic imine (C=N–C) groups is 1. The van der Waals surface area contributed by atoms with Crippen LogP contribution in [0.2, 0.25) is 0 Å². The minimum atomic E-state index is -0.844. The standard InChI is InChI=1S/C20H28N2O6/c1-10-15(18(25)28-11(2)20(3,4)5)16(22-19(26)21-10)12-7-13(9-23)17(24)14(8-12)27-6/h7-8,11,15-16,23-24H,9H2,1-6H3,(H,22,26). The first kappa shape index (κ1) is 21.7. The summed E-state index contributed by atoms with van der Waals surface area (Å²) < 4.78 is 10.8. The largest absolute Gasteiger partial charge is 0.504 e. The number of methoxy groups -OCH3 is 1. The maximum Gasteiger partial charge on any atom is 0.341 e. The number of nitrogens with zero attached hydrogens (tertiary/aromatic N) is 1. The monoisotopic (exact) mass is 392 g/mol. The molecule has 0 saturated carbocycles. The highest BCUT2D eigenvalue weighted by atomic mass is 16.5. The van der Waals surface area contributed by atoms with Gasteiger partial charge in [0.05, 0.1) is 19.8 Å². The third-order valence-electron chi connectivity index (χ3n) is 5.03. The van der Waals surface area contributed by atoms with Crippen LogP contribution in [0.5, 0.6) is 11.5 Å². The summed E-state index contributed by atoms with van der Waals surface area (Å²) in [7, 11) is 1.38. The fourth-order valence-electron chi connectivity index (χ4n) is 2.87. The summed E-state index contributed by atoms with van der Waals surface area (Å²) in [6.45, 7) is 8.87. The molecule has 0 radical (unpaired) electrons. The fourth-order valence-corrected chi connectivity index (χ4v) is 2.87. The number of carbonyl (C=O) groups excluding carboxylic acids is 2. The van der Waals surface area contributed by atoms with E-state index < -0.39 is 30.6 Å². The molecule has 0 fully saturated rings. The van der Waals surface area contributed by atoms with Gasteiger partial charge in [0.1, 0.15) is 12.0 Å². The van der Waals surface area contributed by atoms with E-state index in [9.17, 15) is 19.8 Å². The molecule has 1 aromatic carbocycles. The number of hydrogen-bond acceptors (Lipinski definition) is 6. The van der Waals surface area contributed by atoms with Gasteiger partial charge in [-0.25, -0.2) is 9.79 Å². The second-order valence-corrected chi connectivity index (χ2v) is 7.99. The average molecular weight is 392 g/mol. The molecule has 1 aliphatic rings. The van der Waals surface area contributed by atoms with E-state index in [0.29, 0.717) is 11.3 Å². The van der Waals surface area contributed by atoms with E-state index in [1.807, 2.05) is 27.7 Å². The number of hydrogen-bond donors (Lipinski definition) is 3. The van der Waals surface area contributed by atoms with E-state index in [4.69, 9.17) is 9.47 Å². The number of esters is 1. The number of amides is 2. The summed E-state index contributed by atoms with van der Waals surface area (Å²) in [6, 6.07) is 1.69. The Labute approximate surface area is 164 Å². The van der Waals surface area contributed by atoms with E-state index in [-0.39, 0.29) is 28.6 Å². The number of aliphatic hydroxyl groups excluding tert-OH is 1. The highest BCUT2D eigenvalue weighted by molar-refractivity contribution is 6.08. The molecule has 0 aliphatic carbocycles. The number of nitrogens with one attached hydrogen (secondary N) is 1. The summed E-state index contributed by atoms with van der Waals surface area (Å²) >= 11 is 0. The summed E-state index contributed by atoms with van der Waals surface area (Å²) in [5, 5.41) is 22.3. The first-order chi connectivity index (χ1) is 13.0. The molecule has 154 valence electrons. The minimum Gasteiger partial charge on any atom is -0.504 e. The SMILES string of the molecule is COc1cc(C2NC(=O)N=C(C)C2C(=O)OC(C)C(C)(C)C)cc(CO)c1O. The summed E-state index contributed by atoms with van der Waals surface area (Å²) in [5.41, 5.74) is 0.794. The summed E-state index contributed by atoms with van der Waals surface area (Å²) in [4.78, 5) is 28.8. The Kier molecular flexibility index (Phi) is 6.34. The van der Waals surface area contributed by atoms with Gasteiger partial charge in [-0.2, -0.15) is 0 Å². The topological polar surface area (TPSA) is 117 Å². The van der Waals surface area contributed by atoms with Crippen LogP contribution < -0.4 is 10.1 Å². The van der Waals surface area contributed by atoms with Crippen molar-refractivity contribution < 1.29 is 29.3 Å². The van der Waals surface area contributed by atoms with Crippen LogP contribution in [0.25, 0.3) is 0 Å². The van der Waals surface area contributed by atoms with Crippen LogP contribution >= 0.6 is 0 Å². The van der Waals surface area contributed by atoms with Gasteiger partial charge in [-0.3, -0.25) is 4.79 Å². The van der Waals surface area contributed by atoms with Gasteiger partial charge in [0.25, 0.3) is 0 Å². The van der Waals surface area contributed by atoms with Crippen LogP contribution in [-0.2, 0) is 16.1 Å². The van der Waals surface area contributed by atoms with Crippen molar-refractivity contribution in [2.24, 2.45) is 16.3 Å². The lowest BCUT2D eigenvalue weighted by Gasteiger charge is -2.33. The number of aromatic hydroxyl groups is 1. The molecule has 8 heteroatoms. The fraction of sp³-hybridized carbons (Fsp3) is 0.550. The van der Waals surface area contributed by atoms with E-state index in [1.165, 1.54) is 19.2 Å². The molecule has 1 aromatic rings. The molecule has 3 unspecified atom stereocenters. The van der Waals surface area contributed by atoms with Crippen molar-refractivity contribution in [2.75, 3.05) is 7.11 Å². The first-order valence-corrected chi connectivity index (χ1v) is 9.06. The Morgan fingerprint density at radius 3 is 2.54 bits per heavy atom. The molecule has 8 nitrogen and oxygen atoms in total. The van der Waals surface area contributed by atoms with Gasteiger partial charge >= 0.3 is 12.0 Å². The van der Waals surface area contributed by atoms with Crippen molar-refractivity contribution in [1.29, 1.82) is 0 Å². The quantitative estimate of drug-likeness (QED) is 0.663. The van der Waals surface area contributed by atoms with Gasteiger partial charge in [0, 0.05) is 11.3 Å². The molecular weight excluding hydrogens is 364 g/mol. The second kappa shape index (κ2) is 8.18. The van der Waals surface area contributed by atoms with E-state index in [1.54, 1.807) is 6.92 Å². The number of urea groups is 1. The van der Waals surface area contributed by atoms with Crippen molar-refractivity contribution in [2.45, 2.75) is 53.4 Å². The highest BCUT2D eigenvalue weighted by Gasteiger charge is 2.40. The lowest BCUT2D eigenvalue weighted by Crippen LogP contribution is -2.45. The smallest absolute Gasteiger partial charge is 0.341 e. The Morgan fingerprint density at radius 1 is 1.36 bits per heavy atom. The van der Waals surface area contributed by atoms with Gasteiger partial charge in [0.15, 0.2) is 11.5 Å². The van der Waals surface area contributed by atoms with Crippen LogP contribution in [0.1, 0.15) is 51.8 Å². The number of carbonyl (C=O) groups is 2. The van der Waals surface area contributed by atoms with Crippen LogP contribution in [0, 0.1) is 11.3 Å². The zero-order valence-corrected chi connectivity index (χ0v) is 17.1. The van der Waals surface area contributed by atoms with E-state index in [0.717, 1.165) is 0 Å². The number of ether oxygens (including phenoxy) is 2. The normalized spacial score (nSPS) is 20.8. The van der Waals surface area contributed by atoms with Crippen molar-refractivity contribution >= 4 is 17.7 Å². The lowest BCUT2D eigenvalue weighted by molar-refractivity contribution is -0.156. The minimum absolute atomic E-state index is 0.131.